The van der Waals surface area contributed by atoms with Crippen LogP contribution in [0.3, 0.4) is 0 Å². The summed E-state index contributed by atoms with van der Waals surface area (Å²) in [6, 6.07) is 62.5. The van der Waals surface area contributed by atoms with Gasteiger partial charge in [-0.15, -0.1) is 0 Å². The molecule has 0 aliphatic heterocycles. The first-order valence-electron chi connectivity index (χ1n) is 18.8. The molecule has 0 N–H and O–H groups in total. The molecular weight excluding hydrogens is 667 g/mol. The van der Waals surface area contributed by atoms with E-state index in [4.69, 9.17) is 9.97 Å². The van der Waals surface area contributed by atoms with Crippen molar-refractivity contribution >= 4 is 54.1 Å². The molecule has 0 amide bonds. The zero-order valence-electron chi connectivity index (χ0n) is 31.2. The summed E-state index contributed by atoms with van der Waals surface area (Å²) < 4.78 is 2.44. The lowest BCUT2D eigenvalue weighted by molar-refractivity contribution is 1.18. The fraction of sp³-hybridized carbons (Fsp3) is 0.0385. The number of allylic oxidation sites excluding steroid dienone is 2. The van der Waals surface area contributed by atoms with Crippen LogP contribution in [0.25, 0.3) is 93.7 Å². The molecule has 10 aromatic rings. The molecule has 264 valence electrons. The second kappa shape index (κ2) is 15.5. The van der Waals surface area contributed by atoms with Crippen molar-refractivity contribution in [1.82, 2.24) is 14.5 Å². The van der Waals surface area contributed by atoms with Crippen LogP contribution in [0, 0.1) is 0 Å². The van der Waals surface area contributed by atoms with E-state index in [2.05, 4.69) is 182 Å². The molecule has 55 heavy (non-hydrogen) atoms. The molecular formula is C52H41N3. The molecule has 3 nitrogen and oxygen atoms in total. The van der Waals surface area contributed by atoms with Gasteiger partial charge in [-0.05, 0) is 63.3 Å². The standard InChI is InChI=1S/C46H29N3.C4H6.C2H6/c1-4-14-30(15-5-1)41-29-42(31-16-6-2-7-17-31)48-46(47-41)32-24-27-43-40(28-32)39-26-25-38-36-22-11-10-20-34(36)35-21-12-13-23-37(35)44(38)45(39)49(43)33-18-8-3-9-19-33;1-3-4-2;1-2/h1-29H;3-4H,1-2H2;1-2H3. The Hall–Kier alpha value is -7.10. The second-order valence-corrected chi connectivity index (χ2v) is 13.0. The van der Waals surface area contributed by atoms with E-state index in [1.165, 1.54) is 48.6 Å². The monoisotopic (exact) mass is 707 g/mol. The van der Waals surface area contributed by atoms with Crippen molar-refractivity contribution in [3.8, 4) is 39.6 Å². The Balaban J connectivity index is 0.000000671. The molecule has 0 unspecified atom stereocenters. The van der Waals surface area contributed by atoms with Crippen molar-refractivity contribution in [3.63, 3.8) is 0 Å². The topological polar surface area (TPSA) is 30.7 Å². The third-order valence-corrected chi connectivity index (χ3v) is 9.94. The highest BCUT2D eigenvalue weighted by atomic mass is 15.0. The smallest absolute Gasteiger partial charge is 0.160 e. The molecule has 0 saturated carbocycles. The second-order valence-electron chi connectivity index (χ2n) is 13.0. The lowest BCUT2D eigenvalue weighted by Gasteiger charge is -2.14. The van der Waals surface area contributed by atoms with Crippen molar-refractivity contribution in [2.24, 2.45) is 0 Å². The number of benzene rings is 8. The molecule has 8 aromatic carbocycles. The zero-order chi connectivity index (χ0) is 37.7. The first-order chi connectivity index (χ1) is 27.2. The summed E-state index contributed by atoms with van der Waals surface area (Å²) in [6.07, 6.45) is 3.28. The van der Waals surface area contributed by atoms with Gasteiger partial charge in [-0.1, -0.05) is 179 Å². The Labute approximate surface area is 322 Å². The van der Waals surface area contributed by atoms with Gasteiger partial charge in [0.25, 0.3) is 0 Å². The summed E-state index contributed by atoms with van der Waals surface area (Å²) in [4.78, 5) is 10.3. The van der Waals surface area contributed by atoms with Gasteiger partial charge in [0.1, 0.15) is 0 Å². The SMILES string of the molecule is C=CC=C.CC.c1ccc(-c2cc(-c3ccccc3)nc(-c3ccc4c(c3)c3ccc5c6ccccc6c6ccccc6c5c3n4-c3ccccc3)n2)cc1. The highest BCUT2D eigenvalue weighted by Gasteiger charge is 2.20. The number of fused-ring (bicyclic) bond motifs is 10. The maximum Gasteiger partial charge on any atom is 0.160 e. The van der Waals surface area contributed by atoms with Gasteiger partial charge in [0.15, 0.2) is 5.82 Å². The Kier molecular flexibility index (Phi) is 9.84. The number of rotatable bonds is 5. The molecule has 3 heteroatoms. The summed E-state index contributed by atoms with van der Waals surface area (Å²) in [6.45, 7) is 10.7. The number of nitrogens with zero attached hydrogens (tertiary/aromatic N) is 3. The van der Waals surface area contributed by atoms with Gasteiger partial charge in [-0.25, -0.2) is 9.97 Å². The van der Waals surface area contributed by atoms with Gasteiger partial charge in [0.05, 0.1) is 22.4 Å². The van der Waals surface area contributed by atoms with E-state index in [1.54, 1.807) is 12.2 Å². The molecule has 0 fully saturated rings. The summed E-state index contributed by atoms with van der Waals surface area (Å²) in [5.41, 5.74) is 8.41. The average molecular weight is 708 g/mol. The molecule has 0 bridgehead atoms. The van der Waals surface area contributed by atoms with Gasteiger partial charge >= 0.3 is 0 Å². The van der Waals surface area contributed by atoms with Crippen LogP contribution in [0.15, 0.2) is 201 Å². The fourth-order valence-corrected chi connectivity index (χ4v) is 7.57. The van der Waals surface area contributed by atoms with Crippen LogP contribution >= 0.6 is 0 Å². The molecule has 2 aromatic heterocycles. The highest BCUT2D eigenvalue weighted by Crippen LogP contribution is 2.43. The number of hydrogen-bond acceptors (Lipinski definition) is 2. The third-order valence-electron chi connectivity index (χ3n) is 9.94. The number of hydrogen-bond donors (Lipinski definition) is 0. The quantitative estimate of drug-likeness (QED) is 0.132. The first kappa shape index (κ1) is 35.0. The summed E-state index contributed by atoms with van der Waals surface area (Å²) in [5.74, 6) is 0.708. The first-order valence-corrected chi connectivity index (χ1v) is 18.8. The van der Waals surface area contributed by atoms with Crippen LogP contribution in [0.2, 0.25) is 0 Å². The van der Waals surface area contributed by atoms with Gasteiger partial charge in [-0.2, -0.15) is 0 Å². The van der Waals surface area contributed by atoms with Crippen molar-refractivity contribution < 1.29 is 0 Å². The number of para-hydroxylation sites is 1. The van der Waals surface area contributed by atoms with E-state index in [1.807, 2.05) is 26.0 Å². The minimum absolute atomic E-state index is 0.708. The zero-order valence-corrected chi connectivity index (χ0v) is 31.2. The molecule has 0 radical (unpaired) electrons. The molecule has 2 heterocycles. The average Bonchev–Trinajstić information content (AvgIpc) is 3.61. The van der Waals surface area contributed by atoms with Gasteiger partial charge in [0.2, 0.25) is 0 Å². The Morgan fingerprint density at radius 1 is 0.418 bits per heavy atom. The molecule has 10 rings (SSSR count). The van der Waals surface area contributed by atoms with E-state index in [0.717, 1.165) is 39.3 Å². The van der Waals surface area contributed by atoms with E-state index >= 15 is 0 Å². The van der Waals surface area contributed by atoms with Gasteiger partial charge < -0.3 is 4.57 Å². The minimum Gasteiger partial charge on any atom is -0.309 e. The van der Waals surface area contributed by atoms with Gasteiger partial charge in [0, 0.05) is 38.5 Å². The van der Waals surface area contributed by atoms with Gasteiger partial charge in [-0.3, -0.25) is 0 Å². The maximum absolute atomic E-state index is 5.16. The maximum atomic E-state index is 5.16. The molecule has 0 aliphatic carbocycles. The Morgan fingerprint density at radius 2 is 0.873 bits per heavy atom. The lowest BCUT2D eigenvalue weighted by atomic mass is 9.93. The minimum atomic E-state index is 0.708. The Morgan fingerprint density at radius 3 is 1.42 bits per heavy atom. The molecule has 0 aliphatic rings. The fourth-order valence-electron chi connectivity index (χ4n) is 7.57. The normalized spacial score (nSPS) is 10.9. The van der Waals surface area contributed by atoms with Crippen LogP contribution in [-0.2, 0) is 0 Å². The predicted molar refractivity (Wildman–Crippen MR) is 237 cm³/mol. The Bertz CT molecular complexity index is 2860. The van der Waals surface area contributed by atoms with Crippen LogP contribution in [-0.4, -0.2) is 14.5 Å². The lowest BCUT2D eigenvalue weighted by Crippen LogP contribution is -1.96. The molecule has 0 saturated heterocycles. The van der Waals surface area contributed by atoms with Crippen LogP contribution in [0.4, 0.5) is 0 Å². The number of aromatic nitrogens is 3. The summed E-state index contributed by atoms with van der Waals surface area (Å²) in [7, 11) is 0. The largest absolute Gasteiger partial charge is 0.309 e. The van der Waals surface area contributed by atoms with E-state index in [-0.39, 0.29) is 0 Å². The summed E-state index contributed by atoms with van der Waals surface area (Å²) in [5, 5.41) is 9.97. The van der Waals surface area contributed by atoms with E-state index in [0.29, 0.717) is 5.82 Å². The predicted octanol–water partition coefficient (Wildman–Crippen LogP) is 14.4. The van der Waals surface area contributed by atoms with Crippen LogP contribution < -0.4 is 0 Å². The molecule has 0 spiro atoms. The van der Waals surface area contributed by atoms with Crippen molar-refractivity contribution in [3.05, 3.63) is 201 Å². The van der Waals surface area contributed by atoms with Crippen molar-refractivity contribution in [2.45, 2.75) is 13.8 Å². The van der Waals surface area contributed by atoms with Crippen LogP contribution in [0.5, 0.6) is 0 Å². The highest BCUT2D eigenvalue weighted by molar-refractivity contribution is 6.33. The van der Waals surface area contributed by atoms with Crippen molar-refractivity contribution in [2.75, 3.05) is 0 Å². The van der Waals surface area contributed by atoms with E-state index in [9.17, 15) is 0 Å². The van der Waals surface area contributed by atoms with Crippen LogP contribution in [0.1, 0.15) is 13.8 Å². The van der Waals surface area contributed by atoms with Crippen molar-refractivity contribution in [1.29, 1.82) is 0 Å². The third kappa shape index (κ3) is 6.36. The summed E-state index contributed by atoms with van der Waals surface area (Å²) >= 11 is 0. The molecule has 0 atom stereocenters. The van der Waals surface area contributed by atoms with E-state index < -0.39 is 0 Å².